The Hall–Kier alpha value is -2.37. The third-order valence-corrected chi connectivity index (χ3v) is 3.71. The average molecular weight is 290 g/mol. The predicted octanol–water partition coefficient (Wildman–Crippen LogP) is 0.664. The Bertz CT molecular complexity index is 578. The highest BCUT2D eigenvalue weighted by Crippen LogP contribution is 2.19. The molecule has 0 unspecified atom stereocenters. The maximum absolute atomic E-state index is 12.4. The number of hydrogen-bond acceptors (Lipinski definition) is 3. The molecule has 6 nitrogen and oxygen atoms in total. The molecular formula is C15H18N2O4. The van der Waals surface area contributed by atoms with E-state index in [0.717, 1.165) is 5.56 Å². The van der Waals surface area contributed by atoms with Crippen molar-refractivity contribution in [2.45, 2.75) is 25.8 Å². The molecule has 0 radical (unpaired) electrons. The molecule has 2 amide bonds. The highest BCUT2D eigenvalue weighted by molar-refractivity contribution is 5.92. The van der Waals surface area contributed by atoms with Gasteiger partial charge < -0.3 is 15.3 Å². The van der Waals surface area contributed by atoms with Crippen LogP contribution in [0.15, 0.2) is 24.3 Å². The normalized spacial score (nSPS) is 17.2. The molecule has 1 heterocycles. The first-order chi connectivity index (χ1) is 9.82. The van der Waals surface area contributed by atoms with Crippen LogP contribution in [0.5, 0.6) is 0 Å². The van der Waals surface area contributed by atoms with Crippen LogP contribution in [0.2, 0.25) is 0 Å². The molecule has 0 saturated carbocycles. The first-order valence-electron chi connectivity index (χ1n) is 6.73. The Labute approximate surface area is 122 Å². The molecule has 1 aromatic carbocycles. The van der Waals surface area contributed by atoms with Gasteiger partial charge in [-0.1, -0.05) is 12.1 Å². The number of rotatable bonds is 3. The highest BCUT2D eigenvalue weighted by atomic mass is 16.4. The van der Waals surface area contributed by atoms with E-state index in [1.807, 2.05) is 0 Å². The molecule has 1 saturated heterocycles. The van der Waals surface area contributed by atoms with Gasteiger partial charge >= 0.3 is 5.97 Å². The number of piperazine rings is 1. The summed E-state index contributed by atoms with van der Waals surface area (Å²) >= 11 is 0. The van der Waals surface area contributed by atoms with E-state index in [4.69, 9.17) is 5.11 Å². The number of carboxylic acids is 1. The lowest BCUT2D eigenvalue weighted by molar-refractivity contribution is -0.148. The SMILES string of the molecule is CC1(C)C(=O)NCCN1C(=O)Cc1ccc(C(=O)O)cc1. The van der Waals surface area contributed by atoms with Crippen molar-refractivity contribution in [2.75, 3.05) is 13.1 Å². The number of hydrogen-bond donors (Lipinski definition) is 2. The summed E-state index contributed by atoms with van der Waals surface area (Å²) < 4.78 is 0. The molecular weight excluding hydrogens is 272 g/mol. The topological polar surface area (TPSA) is 86.7 Å². The summed E-state index contributed by atoms with van der Waals surface area (Å²) in [4.78, 5) is 36.6. The van der Waals surface area contributed by atoms with Crippen LogP contribution in [-0.4, -0.2) is 46.4 Å². The zero-order valence-electron chi connectivity index (χ0n) is 12.0. The van der Waals surface area contributed by atoms with Gasteiger partial charge in [-0.25, -0.2) is 4.79 Å². The van der Waals surface area contributed by atoms with E-state index in [1.165, 1.54) is 12.1 Å². The maximum Gasteiger partial charge on any atom is 0.335 e. The summed E-state index contributed by atoms with van der Waals surface area (Å²) in [6, 6.07) is 6.19. The highest BCUT2D eigenvalue weighted by Gasteiger charge is 2.40. The van der Waals surface area contributed by atoms with E-state index < -0.39 is 11.5 Å². The Kier molecular flexibility index (Phi) is 3.97. The van der Waals surface area contributed by atoms with Gasteiger partial charge in [0, 0.05) is 13.1 Å². The molecule has 0 atom stereocenters. The molecule has 0 spiro atoms. The Morgan fingerprint density at radius 3 is 2.48 bits per heavy atom. The lowest BCUT2D eigenvalue weighted by Crippen LogP contribution is -2.63. The van der Waals surface area contributed by atoms with Crippen molar-refractivity contribution in [2.24, 2.45) is 0 Å². The second-order valence-corrected chi connectivity index (χ2v) is 5.54. The van der Waals surface area contributed by atoms with Crippen LogP contribution in [0.3, 0.4) is 0 Å². The van der Waals surface area contributed by atoms with Gasteiger partial charge in [-0.2, -0.15) is 0 Å². The van der Waals surface area contributed by atoms with E-state index in [1.54, 1.807) is 30.9 Å². The Balaban J connectivity index is 2.10. The maximum atomic E-state index is 12.4. The zero-order chi connectivity index (χ0) is 15.6. The van der Waals surface area contributed by atoms with E-state index >= 15 is 0 Å². The van der Waals surface area contributed by atoms with Crippen LogP contribution in [0.25, 0.3) is 0 Å². The summed E-state index contributed by atoms with van der Waals surface area (Å²) in [6.45, 7) is 4.36. The number of aromatic carboxylic acids is 1. The van der Waals surface area contributed by atoms with Crippen LogP contribution in [0.4, 0.5) is 0 Å². The number of amides is 2. The molecule has 2 rings (SSSR count). The van der Waals surface area contributed by atoms with Crippen molar-refractivity contribution < 1.29 is 19.5 Å². The van der Waals surface area contributed by atoms with Gasteiger partial charge in [0.05, 0.1) is 12.0 Å². The standard InChI is InChI=1S/C15H18N2O4/c1-15(2)14(21)16-7-8-17(15)12(18)9-10-3-5-11(6-4-10)13(19)20/h3-6H,7-9H2,1-2H3,(H,16,21)(H,19,20). The zero-order valence-corrected chi connectivity index (χ0v) is 12.0. The van der Waals surface area contributed by atoms with Crippen molar-refractivity contribution in [1.29, 1.82) is 0 Å². The van der Waals surface area contributed by atoms with E-state index in [0.29, 0.717) is 13.1 Å². The fourth-order valence-corrected chi connectivity index (χ4v) is 2.37. The monoisotopic (exact) mass is 290 g/mol. The fourth-order valence-electron chi connectivity index (χ4n) is 2.37. The second kappa shape index (κ2) is 5.55. The minimum Gasteiger partial charge on any atom is -0.478 e. The van der Waals surface area contributed by atoms with Crippen LogP contribution in [0.1, 0.15) is 29.8 Å². The summed E-state index contributed by atoms with van der Waals surface area (Å²) in [5.41, 5.74) is 0.0479. The number of carboxylic acid groups (broad SMARTS) is 1. The molecule has 2 N–H and O–H groups in total. The summed E-state index contributed by atoms with van der Waals surface area (Å²) in [7, 11) is 0. The quantitative estimate of drug-likeness (QED) is 0.856. The first kappa shape index (κ1) is 15.0. The number of benzene rings is 1. The molecule has 21 heavy (non-hydrogen) atoms. The minimum atomic E-state index is -0.998. The smallest absolute Gasteiger partial charge is 0.335 e. The van der Waals surface area contributed by atoms with Gasteiger partial charge in [-0.15, -0.1) is 0 Å². The molecule has 1 fully saturated rings. The van der Waals surface area contributed by atoms with Gasteiger partial charge in [-0.3, -0.25) is 9.59 Å². The van der Waals surface area contributed by atoms with Crippen molar-refractivity contribution in [1.82, 2.24) is 10.2 Å². The van der Waals surface area contributed by atoms with E-state index in [2.05, 4.69) is 5.32 Å². The van der Waals surface area contributed by atoms with Gasteiger partial charge in [0.15, 0.2) is 0 Å². The van der Waals surface area contributed by atoms with Crippen molar-refractivity contribution in [3.8, 4) is 0 Å². The first-order valence-corrected chi connectivity index (χ1v) is 6.73. The number of carbonyl (C=O) groups is 3. The van der Waals surface area contributed by atoms with Gasteiger partial charge in [-0.05, 0) is 31.5 Å². The third kappa shape index (κ3) is 3.04. The van der Waals surface area contributed by atoms with Crippen molar-refractivity contribution in [3.63, 3.8) is 0 Å². The molecule has 6 heteroatoms. The Morgan fingerprint density at radius 2 is 1.90 bits per heavy atom. The molecule has 0 aliphatic carbocycles. The third-order valence-electron chi connectivity index (χ3n) is 3.71. The van der Waals surface area contributed by atoms with E-state index in [-0.39, 0.29) is 23.8 Å². The summed E-state index contributed by atoms with van der Waals surface area (Å²) in [5.74, 6) is -1.30. The van der Waals surface area contributed by atoms with Crippen LogP contribution in [0, 0.1) is 0 Å². The number of carbonyl (C=O) groups excluding carboxylic acids is 2. The molecule has 0 aromatic heterocycles. The fraction of sp³-hybridized carbons (Fsp3) is 0.400. The van der Waals surface area contributed by atoms with Gasteiger partial charge in [0.1, 0.15) is 5.54 Å². The Morgan fingerprint density at radius 1 is 1.29 bits per heavy atom. The molecule has 1 aliphatic rings. The number of nitrogens with one attached hydrogen (secondary N) is 1. The largest absolute Gasteiger partial charge is 0.478 e. The summed E-state index contributed by atoms with van der Waals surface area (Å²) in [5, 5.41) is 11.6. The van der Waals surface area contributed by atoms with Gasteiger partial charge in [0.25, 0.3) is 0 Å². The minimum absolute atomic E-state index is 0.141. The van der Waals surface area contributed by atoms with Gasteiger partial charge in [0.2, 0.25) is 11.8 Å². The number of nitrogens with zero attached hydrogens (tertiary/aromatic N) is 1. The molecule has 1 aliphatic heterocycles. The van der Waals surface area contributed by atoms with E-state index in [9.17, 15) is 14.4 Å². The van der Waals surface area contributed by atoms with Crippen LogP contribution >= 0.6 is 0 Å². The molecule has 0 bridgehead atoms. The van der Waals surface area contributed by atoms with Crippen LogP contribution in [-0.2, 0) is 16.0 Å². The lowest BCUT2D eigenvalue weighted by atomic mass is 9.97. The van der Waals surface area contributed by atoms with Crippen molar-refractivity contribution >= 4 is 17.8 Å². The lowest BCUT2D eigenvalue weighted by Gasteiger charge is -2.41. The molecule has 1 aromatic rings. The average Bonchev–Trinajstić information content (AvgIpc) is 2.42. The van der Waals surface area contributed by atoms with Crippen LogP contribution < -0.4 is 5.32 Å². The summed E-state index contributed by atoms with van der Waals surface area (Å²) in [6.07, 6.45) is 0.149. The van der Waals surface area contributed by atoms with Crippen molar-refractivity contribution in [3.05, 3.63) is 35.4 Å². The predicted molar refractivity (Wildman–Crippen MR) is 75.9 cm³/mol. The second-order valence-electron chi connectivity index (χ2n) is 5.54. The molecule has 112 valence electrons.